The zero-order valence-electron chi connectivity index (χ0n) is 14.1. The van der Waals surface area contributed by atoms with Crippen molar-refractivity contribution in [1.29, 1.82) is 0 Å². The molecule has 3 nitrogen and oxygen atoms in total. The van der Waals surface area contributed by atoms with Gasteiger partial charge < -0.3 is 9.47 Å². The highest BCUT2D eigenvalue weighted by molar-refractivity contribution is 6.09. The Morgan fingerprint density at radius 1 is 0.800 bits per heavy atom. The Hall–Kier alpha value is -3.07. The quantitative estimate of drug-likeness (QED) is 0.596. The Kier molecular flexibility index (Phi) is 5.47. The molecule has 0 atom stereocenters. The summed E-state index contributed by atoms with van der Waals surface area (Å²) in [6.45, 7) is 0.538. The SMILES string of the molecule is COc1cccc(CCOc2cccc(C(=O)c3ccccc3)c2)c1. The summed E-state index contributed by atoms with van der Waals surface area (Å²) >= 11 is 0. The summed E-state index contributed by atoms with van der Waals surface area (Å²) < 4.78 is 11.0. The molecular formula is C22H20O3. The molecule has 3 rings (SSSR count). The predicted molar refractivity (Wildman–Crippen MR) is 98.5 cm³/mol. The summed E-state index contributed by atoms with van der Waals surface area (Å²) in [5, 5.41) is 0. The fourth-order valence-corrected chi connectivity index (χ4v) is 2.60. The van der Waals surface area contributed by atoms with Gasteiger partial charge in [0.25, 0.3) is 0 Å². The van der Waals surface area contributed by atoms with Gasteiger partial charge in [-0.05, 0) is 29.8 Å². The van der Waals surface area contributed by atoms with Crippen molar-refractivity contribution < 1.29 is 14.3 Å². The molecule has 0 fully saturated rings. The second-order valence-corrected chi connectivity index (χ2v) is 5.67. The third-order valence-electron chi connectivity index (χ3n) is 3.93. The highest BCUT2D eigenvalue weighted by Crippen LogP contribution is 2.18. The van der Waals surface area contributed by atoms with Crippen LogP contribution in [0.5, 0.6) is 11.5 Å². The van der Waals surface area contributed by atoms with E-state index in [1.807, 2.05) is 72.8 Å². The lowest BCUT2D eigenvalue weighted by Crippen LogP contribution is -2.04. The molecule has 0 spiro atoms. The number of benzene rings is 3. The number of ether oxygens (including phenoxy) is 2. The van der Waals surface area contributed by atoms with Crippen molar-refractivity contribution in [2.75, 3.05) is 13.7 Å². The molecule has 0 N–H and O–H groups in total. The first kappa shape index (κ1) is 16.8. The minimum Gasteiger partial charge on any atom is -0.497 e. The van der Waals surface area contributed by atoms with Gasteiger partial charge in [0.05, 0.1) is 13.7 Å². The average Bonchev–Trinajstić information content (AvgIpc) is 2.68. The third-order valence-corrected chi connectivity index (χ3v) is 3.93. The largest absolute Gasteiger partial charge is 0.497 e. The summed E-state index contributed by atoms with van der Waals surface area (Å²) in [5.74, 6) is 1.54. The maximum absolute atomic E-state index is 12.5. The van der Waals surface area contributed by atoms with Gasteiger partial charge in [-0.15, -0.1) is 0 Å². The van der Waals surface area contributed by atoms with Crippen molar-refractivity contribution in [3.63, 3.8) is 0 Å². The maximum atomic E-state index is 12.5. The van der Waals surface area contributed by atoms with Gasteiger partial charge in [-0.2, -0.15) is 0 Å². The number of hydrogen-bond acceptors (Lipinski definition) is 3. The number of rotatable bonds is 7. The van der Waals surface area contributed by atoms with E-state index in [-0.39, 0.29) is 5.78 Å². The topological polar surface area (TPSA) is 35.5 Å². The highest BCUT2D eigenvalue weighted by Gasteiger charge is 2.09. The first-order valence-corrected chi connectivity index (χ1v) is 8.22. The molecule has 0 radical (unpaired) electrons. The van der Waals surface area contributed by atoms with E-state index in [1.54, 1.807) is 13.2 Å². The Bertz CT molecular complexity index is 841. The minimum absolute atomic E-state index is 0.00107. The first-order valence-electron chi connectivity index (χ1n) is 8.22. The fraction of sp³-hybridized carbons (Fsp3) is 0.136. The molecule has 0 aliphatic carbocycles. The van der Waals surface area contributed by atoms with Gasteiger partial charge in [0.2, 0.25) is 0 Å². The van der Waals surface area contributed by atoms with Crippen LogP contribution in [0.3, 0.4) is 0 Å². The van der Waals surface area contributed by atoms with Gasteiger partial charge >= 0.3 is 0 Å². The van der Waals surface area contributed by atoms with Gasteiger partial charge in [-0.25, -0.2) is 0 Å². The second kappa shape index (κ2) is 8.15. The first-order chi connectivity index (χ1) is 12.3. The summed E-state index contributed by atoms with van der Waals surface area (Å²) in [6.07, 6.45) is 0.772. The van der Waals surface area contributed by atoms with E-state index in [0.717, 1.165) is 17.7 Å². The summed E-state index contributed by atoms with van der Waals surface area (Å²) in [5.41, 5.74) is 2.46. The maximum Gasteiger partial charge on any atom is 0.193 e. The van der Waals surface area contributed by atoms with Gasteiger partial charge in [-0.1, -0.05) is 54.6 Å². The van der Waals surface area contributed by atoms with E-state index < -0.39 is 0 Å². The zero-order chi connectivity index (χ0) is 17.5. The van der Waals surface area contributed by atoms with Crippen molar-refractivity contribution in [2.24, 2.45) is 0 Å². The van der Waals surface area contributed by atoms with Gasteiger partial charge in [0.15, 0.2) is 5.78 Å². The van der Waals surface area contributed by atoms with E-state index in [4.69, 9.17) is 9.47 Å². The number of carbonyl (C=O) groups excluding carboxylic acids is 1. The lowest BCUT2D eigenvalue weighted by molar-refractivity contribution is 0.103. The normalized spacial score (nSPS) is 10.3. The van der Waals surface area contributed by atoms with Crippen LogP contribution in [0, 0.1) is 0 Å². The number of ketones is 1. The molecule has 25 heavy (non-hydrogen) atoms. The molecule has 0 saturated heterocycles. The van der Waals surface area contributed by atoms with Crippen molar-refractivity contribution in [2.45, 2.75) is 6.42 Å². The van der Waals surface area contributed by atoms with Crippen LogP contribution in [0.15, 0.2) is 78.9 Å². The smallest absolute Gasteiger partial charge is 0.193 e. The monoisotopic (exact) mass is 332 g/mol. The third kappa shape index (κ3) is 4.48. The molecule has 3 aromatic carbocycles. The van der Waals surface area contributed by atoms with E-state index in [2.05, 4.69) is 0 Å². The van der Waals surface area contributed by atoms with Crippen LogP contribution in [0.2, 0.25) is 0 Å². The molecule has 0 aromatic heterocycles. The van der Waals surface area contributed by atoms with Crippen LogP contribution in [0.4, 0.5) is 0 Å². The molecule has 0 bridgehead atoms. The number of hydrogen-bond donors (Lipinski definition) is 0. The van der Waals surface area contributed by atoms with Gasteiger partial charge in [0.1, 0.15) is 11.5 Å². The zero-order valence-corrected chi connectivity index (χ0v) is 14.1. The Labute approximate surface area is 147 Å². The van der Waals surface area contributed by atoms with Crippen LogP contribution in [0.1, 0.15) is 21.5 Å². The molecular weight excluding hydrogens is 312 g/mol. The standard InChI is InChI=1S/C22H20O3/c1-24-20-11-5-7-17(15-20)13-14-25-21-12-6-10-19(16-21)22(23)18-8-3-2-4-9-18/h2-12,15-16H,13-14H2,1H3. The summed E-state index contributed by atoms with van der Waals surface area (Å²) in [4.78, 5) is 12.5. The second-order valence-electron chi connectivity index (χ2n) is 5.67. The van der Waals surface area contributed by atoms with E-state index in [1.165, 1.54) is 0 Å². The minimum atomic E-state index is -0.00107. The Morgan fingerprint density at radius 2 is 1.52 bits per heavy atom. The molecule has 3 aromatic rings. The molecule has 0 aliphatic heterocycles. The molecule has 0 heterocycles. The van der Waals surface area contributed by atoms with E-state index in [0.29, 0.717) is 23.5 Å². The molecule has 0 saturated carbocycles. The summed E-state index contributed by atoms with van der Waals surface area (Å²) in [7, 11) is 1.66. The van der Waals surface area contributed by atoms with Gasteiger partial charge in [0, 0.05) is 17.5 Å². The van der Waals surface area contributed by atoms with Gasteiger partial charge in [-0.3, -0.25) is 4.79 Å². The molecule has 0 aliphatic rings. The van der Waals surface area contributed by atoms with E-state index >= 15 is 0 Å². The van der Waals surface area contributed by atoms with Crippen molar-refractivity contribution in [3.8, 4) is 11.5 Å². The summed E-state index contributed by atoms with van der Waals surface area (Å²) in [6, 6.07) is 24.5. The lowest BCUT2D eigenvalue weighted by atomic mass is 10.0. The predicted octanol–water partition coefficient (Wildman–Crippen LogP) is 4.55. The van der Waals surface area contributed by atoms with Crippen LogP contribution in [-0.4, -0.2) is 19.5 Å². The van der Waals surface area contributed by atoms with Crippen molar-refractivity contribution in [1.82, 2.24) is 0 Å². The molecule has 0 unspecified atom stereocenters. The Balaban J connectivity index is 1.63. The van der Waals surface area contributed by atoms with Crippen LogP contribution in [0.25, 0.3) is 0 Å². The fourth-order valence-electron chi connectivity index (χ4n) is 2.60. The Morgan fingerprint density at radius 3 is 2.32 bits per heavy atom. The van der Waals surface area contributed by atoms with Crippen molar-refractivity contribution >= 4 is 5.78 Å². The average molecular weight is 332 g/mol. The van der Waals surface area contributed by atoms with Crippen LogP contribution < -0.4 is 9.47 Å². The molecule has 0 amide bonds. The lowest BCUT2D eigenvalue weighted by Gasteiger charge is -2.09. The molecule has 126 valence electrons. The van der Waals surface area contributed by atoms with Crippen LogP contribution in [-0.2, 0) is 6.42 Å². The highest BCUT2D eigenvalue weighted by atomic mass is 16.5. The van der Waals surface area contributed by atoms with E-state index in [9.17, 15) is 4.79 Å². The molecule has 3 heteroatoms. The van der Waals surface area contributed by atoms with Crippen molar-refractivity contribution in [3.05, 3.63) is 95.6 Å². The van der Waals surface area contributed by atoms with Crippen LogP contribution >= 0.6 is 0 Å². The number of carbonyl (C=O) groups is 1. The number of methoxy groups -OCH3 is 1.